The van der Waals surface area contributed by atoms with Crippen molar-refractivity contribution in [1.82, 2.24) is 4.98 Å². The molecule has 0 bridgehead atoms. The molecule has 0 saturated heterocycles. The third-order valence-corrected chi connectivity index (χ3v) is 4.78. The SMILES string of the molecule is NCc1cccnc1C1=Nc2cc(Cl)c(Cl)cc2Nc2ccccc21. The minimum atomic E-state index is 0.381. The Labute approximate surface area is 155 Å². The van der Waals surface area contributed by atoms with E-state index in [-0.39, 0.29) is 0 Å². The molecule has 3 aromatic rings. The van der Waals surface area contributed by atoms with Gasteiger partial charge in [0, 0.05) is 24.0 Å². The van der Waals surface area contributed by atoms with E-state index >= 15 is 0 Å². The Balaban J connectivity index is 2.02. The molecule has 4 nitrogen and oxygen atoms in total. The molecule has 1 aromatic heterocycles. The van der Waals surface area contributed by atoms with Crippen molar-refractivity contribution in [3.05, 3.63) is 81.6 Å². The lowest BCUT2D eigenvalue weighted by atomic mass is 10.0. The molecule has 124 valence electrons. The fourth-order valence-electron chi connectivity index (χ4n) is 2.85. The molecular weight excluding hydrogens is 355 g/mol. The van der Waals surface area contributed by atoms with Crippen LogP contribution in [0.5, 0.6) is 0 Å². The van der Waals surface area contributed by atoms with E-state index in [9.17, 15) is 0 Å². The summed E-state index contributed by atoms with van der Waals surface area (Å²) < 4.78 is 0. The largest absolute Gasteiger partial charge is 0.353 e. The van der Waals surface area contributed by atoms with Crippen LogP contribution in [0.2, 0.25) is 10.0 Å². The summed E-state index contributed by atoms with van der Waals surface area (Å²) in [7, 11) is 0. The molecule has 2 aromatic carbocycles. The molecule has 0 atom stereocenters. The molecule has 0 spiro atoms. The van der Waals surface area contributed by atoms with E-state index in [0.29, 0.717) is 22.3 Å². The zero-order chi connectivity index (χ0) is 17.4. The zero-order valence-electron chi connectivity index (χ0n) is 13.1. The average molecular weight is 369 g/mol. The van der Waals surface area contributed by atoms with E-state index in [1.165, 1.54) is 0 Å². The highest BCUT2D eigenvalue weighted by molar-refractivity contribution is 6.42. The first-order chi connectivity index (χ1) is 12.2. The molecule has 0 amide bonds. The van der Waals surface area contributed by atoms with E-state index in [2.05, 4.69) is 10.3 Å². The number of aromatic nitrogens is 1. The number of hydrogen-bond acceptors (Lipinski definition) is 4. The monoisotopic (exact) mass is 368 g/mol. The lowest BCUT2D eigenvalue weighted by molar-refractivity contribution is 1.04. The van der Waals surface area contributed by atoms with Gasteiger partial charge in [-0.25, -0.2) is 4.99 Å². The summed E-state index contributed by atoms with van der Waals surface area (Å²) in [6.45, 7) is 0.381. The van der Waals surface area contributed by atoms with Gasteiger partial charge in [-0.3, -0.25) is 4.98 Å². The van der Waals surface area contributed by atoms with E-state index < -0.39 is 0 Å². The van der Waals surface area contributed by atoms with E-state index in [1.54, 1.807) is 18.3 Å². The Morgan fingerprint density at radius 3 is 2.60 bits per heavy atom. The van der Waals surface area contributed by atoms with Crippen LogP contribution in [0.15, 0.2) is 59.7 Å². The Kier molecular flexibility index (Phi) is 4.17. The summed E-state index contributed by atoms with van der Waals surface area (Å²) in [4.78, 5) is 9.38. The predicted molar refractivity (Wildman–Crippen MR) is 104 cm³/mol. The van der Waals surface area contributed by atoms with Gasteiger partial charge in [0.25, 0.3) is 0 Å². The van der Waals surface area contributed by atoms with Crippen LogP contribution in [0, 0.1) is 0 Å². The van der Waals surface area contributed by atoms with Gasteiger partial charge in [-0.05, 0) is 29.8 Å². The topological polar surface area (TPSA) is 63.3 Å². The highest BCUT2D eigenvalue weighted by atomic mass is 35.5. The van der Waals surface area contributed by atoms with Crippen LogP contribution in [0.25, 0.3) is 0 Å². The number of aliphatic imine (C=N–C) groups is 1. The average Bonchev–Trinajstić information content (AvgIpc) is 2.79. The Bertz CT molecular complexity index is 998. The lowest BCUT2D eigenvalue weighted by Crippen LogP contribution is -2.12. The highest BCUT2D eigenvalue weighted by Crippen LogP contribution is 2.40. The number of nitrogens with one attached hydrogen (secondary N) is 1. The molecule has 1 aliphatic rings. The number of nitrogens with zero attached hydrogens (tertiary/aromatic N) is 2. The van der Waals surface area contributed by atoms with Gasteiger partial charge in [-0.2, -0.15) is 0 Å². The second kappa shape index (κ2) is 6.48. The van der Waals surface area contributed by atoms with Crippen LogP contribution >= 0.6 is 23.2 Å². The maximum atomic E-state index is 6.20. The van der Waals surface area contributed by atoms with Gasteiger partial charge in [0.2, 0.25) is 0 Å². The molecule has 0 saturated carbocycles. The van der Waals surface area contributed by atoms with Crippen LogP contribution < -0.4 is 11.1 Å². The van der Waals surface area contributed by atoms with Gasteiger partial charge in [-0.1, -0.05) is 47.5 Å². The van der Waals surface area contributed by atoms with Crippen molar-refractivity contribution in [2.75, 3.05) is 5.32 Å². The molecule has 6 heteroatoms. The molecule has 0 radical (unpaired) electrons. The number of benzene rings is 2. The van der Waals surface area contributed by atoms with Gasteiger partial charge in [-0.15, -0.1) is 0 Å². The van der Waals surface area contributed by atoms with Gasteiger partial charge in [0.05, 0.1) is 32.8 Å². The number of anilines is 2. The Morgan fingerprint density at radius 2 is 1.76 bits per heavy atom. The fraction of sp³-hybridized carbons (Fsp3) is 0.0526. The molecule has 3 N–H and O–H groups in total. The summed E-state index contributed by atoms with van der Waals surface area (Å²) >= 11 is 12.4. The van der Waals surface area contributed by atoms with Crippen molar-refractivity contribution in [2.24, 2.45) is 10.7 Å². The third-order valence-electron chi connectivity index (χ3n) is 4.06. The molecule has 4 rings (SSSR count). The number of para-hydroxylation sites is 1. The number of halogens is 2. The van der Waals surface area contributed by atoms with Crippen molar-refractivity contribution < 1.29 is 0 Å². The van der Waals surface area contributed by atoms with Crippen molar-refractivity contribution in [1.29, 1.82) is 0 Å². The summed E-state index contributed by atoms with van der Waals surface area (Å²) in [5, 5.41) is 4.32. The number of pyridine rings is 1. The lowest BCUT2D eigenvalue weighted by Gasteiger charge is -2.12. The van der Waals surface area contributed by atoms with E-state index in [0.717, 1.165) is 33.9 Å². The Hall–Kier alpha value is -2.40. The first-order valence-corrected chi connectivity index (χ1v) is 8.51. The fourth-order valence-corrected chi connectivity index (χ4v) is 3.17. The number of fused-ring (bicyclic) bond motifs is 2. The Morgan fingerprint density at radius 1 is 0.960 bits per heavy atom. The van der Waals surface area contributed by atoms with Crippen LogP contribution in [0.1, 0.15) is 16.8 Å². The van der Waals surface area contributed by atoms with Crippen molar-refractivity contribution in [3.8, 4) is 0 Å². The minimum absolute atomic E-state index is 0.381. The van der Waals surface area contributed by atoms with Gasteiger partial charge in [0.1, 0.15) is 0 Å². The first kappa shape index (κ1) is 16.1. The number of nitrogens with two attached hydrogens (primary N) is 1. The van der Waals surface area contributed by atoms with E-state index in [4.69, 9.17) is 33.9 Å². The quantitative estimate of drug-likeness (QED) is 0.518. The van der Waals surface area contributed by atoms with E-state index in [1.807, 2.05) is 36.4 Å². The summed E-state index contributed by atoms with van der Waals surface area (Å²) in [6, 6.07) is 15.3. The number of rotatable bonds is 2. The molecular formula is C19H14Cl2N4. The maximum absolute atomic E-state index is 6.20. The van der Waals surface area contributed by atoms with Crippen LogP contribution in [-0.4, -0.2) is 10.7 Å². The number of hydrogen-bond donors (Lipinski definition) is 2. The molecule has 2 heterocycles. The highest BCUT2D eigenvalue weighted by Gasteiger charge is 2.21. The molecule has 25 heavy (non-hydrogen) atoms. The molecule has 0 fully saturated rings. The smallest absolute Gasteiger partial charge is 0.0990 e. The maximum Gasteiger partial charge on any atom is 0.0990 e. The van der Waals surface area contributed by atoms with Gasteiger partial charge in [0.15, 0.2) is 0 Å². The van der Waals surface area contributed by atoms with Crippen LogP contribution in [-0.2, 0) is 6.54 Å². The molecule has 0 unspecified atom stereocenters. The molecule has 0 aliphatic carbocycles. The first-order valence-electron chi connectivity index (χ1n) is 7.76. The third kappa shape index (κ3) is 2.89. The van der Waals surface area contributed by atoms with Crippen molar-refractivity contribution >= 4 is 46.0 Å². The van der Waals surface area contributed by atoms with Crippen molar-refractivity contribution in [2.45, 2.75) is 6.54 Å². The summed E-state index contributed by atoms with van der Waals surface area (Å²) in [5.74, 6) is 0. The second-order valence-corrected chi connectivity index (χ2v) is 6.44. The van der Waals surface area contributed by atoms with Gasteiger partial charge >= 0.3 is 0 Å². The summed E-state index contributed by atoms with van der Waals surface area (Å²) in [6.07, 6.45) is 1.74. The van der Waals surface area contributed by atoms with Gasteiger partial charge < -0.3 is 11.1 Å². The normalized spacial score (nSPS) is 12.5. The minimum Gasteiger partial charge on any atom is -0.353 e. The molecule has 1 aliphatic heterocycles. The summed E-state index contributed by atoms with van der Waals surface area (Å²) in [5.41, 5.74) is 11.7. The van der Waals surface area contributed by atoms with Crippen LogP contribution in [0.4, 0.5) is 17.1 Å². The standard InChI is InChI=1S/C19H14Cl2N4/c20-13-8-16-17(9-14(13)21)25-19(12-5-1-2-6-15(12)24-16)18-11(10-22)4-3-7-23-18/h1-9,24H,10,22H2. The predicted octanol–water partition coefficient (Wildman–Crippen LogP) is 5.07. The second-order valence-electron chi connectivity index (χ2n) is 5.63. The zero-order valence-corrected chi connectivity index (χ0v) is 14.6. The van der Waals surface area contributed by atoms with Crippen LogP contribution in [0.3, 0.4) is 0 Å². The van der Waals surface area contributed by atoms with Crippen molar-refractivity contribution in [3.63, 3.8) is 0 Å².